The highest BCUT2D eigenvalue weighted by molar-refractivity contribution is 5.00. The van der Waals surface area contributed by atoms with E-state index in [9.17, 15) is 0 Å². The first kappa shape index (κ1) is 10.5. The van der Waals surface area contributed by atoms with Gasteiger partial charge in [-0.15, -0.1) is 0 Å². The average Bonchev–Trinajstić information content (AvgIpc) is 2.03. The Bertz CT molecular complexity index is 109. The Morgan fingerprint density at radius 2 is 1.82 bits per heavy atom. The summed E-state index contributed by atoms with van der Waals surface area (Å²) in [5.74, 6) is 0. The Labute approximate surface area is 71.0 Å². The second kappa shape index (κ2) is 9.48. The summed E-state index contributed by atoms with van der Waals surface area (Å²) in [5.41, 5.74) is 0. The molecule has 0 heterocycles. The van der Waals surface area contributed by atoms with Gasteiger partial charge in [0.2, 0.25) is 0 Å². The lowest BCUT2D eigenvalue weighted by molar-refractivity contribution is 0.674. The molecule has 0 aliphatic rings. The SMILES string of the molecule is C/C=C/C=CCCCCCC. The van der Waals surface area contributed by atoms with Crippen molar-refractivity contribution < 1.29 is 0 Å². The van der Waals surface area contributed by atoms with E-state index < -0.39 is 0 Å². The maximum absolute atomic E-state index is 2.25. The van der Waals surface area contributed by atoms with Crippen LogP contribution in [0.4, 0.5) is 0 Å². The van der Waals surface area contributed by atoms with E-state index in [1.54, 1.807) is 0 Å². The lowest BCUT2D eigenvalue weighted by Gasteiger charge is -1.92. The van der Waals surface area contributed by atoms with Crippen LogP contribution in [0.1, 0.15) is 46.0 Å². The van der Waals surface area contributed by atoms with Gasteiger partial charge in [0.25, 0.3) is 0 Å². The molecule has 0 bridgehead atoms. The minimum atomic E-state index is 1.24. The summed E-state index contributed by atoms with van der Waals surface area (Å²) in [6, 6.07) is 0. The van der Waals surface area contributed by atoms with Gasteiger partial charge in [0, 0.05) is 0 Å². The summed E-state index contributed by atoms with van der Waals surface area (Å²) in [4.78, 5) is 0. The second-order valence-corrected chi connectivity index (χ2v) is 2.80. The van der Waals surface area contributed by atoms with E-state index in [4.69, 9.17) is 0 Å². The Hall–Kier alpha value is -0.520. The normalized spacial score (nSPS) is 11.8. The first-order valence-corrected chi connectivity index (χ1v) is 4.69. The third-order valence-electron chi connectivity index (χ3n) is 1.66. The molecule has 0 aliphatic heterocycles. The van der Waals surface area contributed by atoms with E-state index in [1.165, 1.54) is 32.1 Å². The van der Waals surface area contributed by atoms with E-state index in [1.807, 2.05) is 6.92 Å². The van der Waals surface area contributed by atoms with Crippen LogP contribution in [0.2, 0.25) is 0 Å². The highest BCUT2D eigenvalue weighted by Gasteiger charge is 1.82. The van der Waals surface area contributed by atoms with Crippen LogP contribution in [0.3, 0.4) is 0 Å². The van der Waals surface area contributed by atoms with Gasteiger partial charge in [-0.25, -0.2) is 0 Å². The molecule has 0 atom stereocenters. The topological polar surface area (TPSA) is 0 Å². The van der Waals surface area contributed by atoms with Crippen molar-refractivity contribution in [2.24, 2.45) is 0 Å². The first-order valence-electron chi connectivity index (χ1n) is 4.69. The van der Waals surface area contributed by atoms with Gasteiger partial charge in [0.15, 0.2) is 0 Å². The van der Waals surface area contributed by atoms with Crippen molar-refractivity contribution in [3.05, 3.63) is 24.3 Å². The summed E-state index contributed by atoms with van der Waals surface area (Å²) < 4.78 is 0. The zero-order chi connectivity index (χ0) is 8.36. The molecule has 0 nitrogen and oxygen atoms in total. The maximum Gasteiger partial charge on any atom is -0.0348 e. The first-order chi connectivity index (χ1) is 5.41. The summed E-state index contributed by atoms with van der Waals surface area (Å²) in [6.07, 6.45) is 15.2. The molecule has 0 aromatic rings. The summed E-state index contributed by atoms with van der Waals surface area (Å²) in [7, 11) is 0. The number of allylic oxidation sites excluding steroid dienone is 4. The van der Waals surface area contributed by atoms with E-state index in [0.717, 1.165) is 0 Å². The summed E-state index contributed by atoms with van der Waals surface area (Å²) in [6.45, 7) is 4.29. The van der Waals surface area contributed by atoms with Crippen molar-refractivity contribution in [1.82, 2.24) is 0 Å². The average molecular weight is 152 g/mol. The molecule has 0 amide bonds. The van der Waals surface area contributed by atoms with Crippen LogP contribution in [0.25, 0.3) is 0 Å². The third kappa shape index (κ3) is 9.48. The van der Waals surface area contributed by atoms with E-state index in [0.29, 0.717) is 0 Å². The molecule has 0 unspecified atom stereocenters. The standard InChI is InChI=1S/C11H20/c1-3-5-7-9-11-10-8-6-4-2/h3,5,7,9H,4,6,8,10-11H2,1-2H3/b5-3+,9-7?. The van der Waals surface area contributed by atoms with Crippen LogP contribution in [-0.4, -0.2) is 0 Å². The Balaban J connectivity index is 3.01. The van der Waals surface area contributed by atoms with Crippen LogP contribution in [0.5, 0.6) is 0 Å². The third-order valence-corrected chi connectivity index (χ3v) is 1.66. The van der Waals surface area contributed by atoms with Crippen molar-refractivity contribution in [2.75, 3.05) is 0 Å². The molecule has 0 rings (SSSR count). The predicted molar refractivity (Wildman–Crippen MR) is 52.7 cm³/mol. The van der Waals surface area contributed by atoms with Gasteiger partial charge in [-0.1, -0.05) is 50.5 Å². The fourth-order valence-corrected chi connectivity index (χ4v) is 0.975. The van der Waals surface area contributed by atoms with E-state index in [-0.39, 0.29) is 0 Å². The maximum atomic E-state index is 2.25. The van der Waals surface area contributed by atoms with Gasteiger partial charge >= 0.3 is 0 Å². The fraction of sp³-hybridized carbons (Fsp3) is 0.636. The van der Waals surface area contributed by atoms with Crippen LogP contribution < -0.4 is 0 Å². The molecular weight excluding hydrogens is 132 g/mol. The number of hydrogen-bond donors (Lipinski definition) is 0. The van der Waals surface area contributed by atoms with Gasteiger partial charge < -0.3 is 0 Å². The van der Waals surface area contributed by atoms with Crippen LogP contribution in [0.15, 0.2) is 24.3 Å². The van der Waals surface area contributed by atoms with Gasteiger partial charge in [0.05, 0.1) is 0 Å². The van der Waals surface area contributed by atoms with Crippen LogP contribution in [0, 0.1) is 0 Å². The lowest BCUT2D eigenvalue weighted by atomic mass is 10.1. The van der Waals surface area contributed by atoms with Crippen molar-refractivity contribution in [2.45, 2.75) is 46.0 Å². The molecular formula is C11H20. The minimum Gasteiger partial charge on any atom is -0.0877 e. The monoisotopic (exact) mass is 152 g/mol. The molecule has 0 radical (unpaired) electrons. The highest BCUT2D eigenvalue weighted by Crippen LogP contribution is 2.02. The van der Waals surface area contributed by atoms with Crippen molar-refractivity contribution in [3.63, 3.8) is 0 Å². The molecule has 0 saturated heterocycles. The summed E-state index contributed by atoms with van der Waals surface area (Å²) >= 11 is 0. The molecule has 0 aromatic carbocycles. The number of hydrogen-bond acceptors (Lipinski definition) is 0. The molecule has 0 heteroatoms. The van der Waals surface area contributed by atoms with Crippen molar-refractivity contribution in [3.8, 4) is 0 Å². The van der Waals surface area contributed by atoms with Gasteiger partial charge in [-0.05, 0) is 19.8 Å². The second-order valence-electron chi connectivity index (χ2n) is 2.80. The van der Waals surface area contributed by atoms with Crippen LogP contribution in [-0.2, 0) is 0 Å². The fourth-order valence-electron chi connectivity index (χ4n) is 0.975. The lowest BCUT2D eigenvalue weighted by Crippen LogP contribution is -1.72. The van der Waals surface area contributed by atoms with Crippen molar-refractivity contribution in [1.29, 1.82) is 0 Å². The highest BCUT2D eigenvalue weighted by atomic mass is 13.9. The summed E-state index contributed by atoms with van der Waals surface area (Å²) in [5, 5.41) is 0. The Morgan fingerprint density at radius 3 is 2.45 bits per heavy atom. The predicted octanol–water partition coefficient (Wildman–Crippen LogP) is 4.09. The smallest absolute Gasteiger partial charge is 0.0348 e. The minimum absolute atomic E-state index is 1.24. The molecule has 0 saturated carbocycles. The molecule has 0 aliphatic carbocycles. The Morgan fingerprint density at radius 1 is 1.00 bits per heavy atom. The van der Waals surface area contributed by atoms with E-state index >= 15 is 0 Å². The van der Waals surface area contributed by atoms with E-state index in [2.05, 4.69) is 31.2 Å². The molecule has 0 spiro atoms. The van der Waals surface area contributed by atoms with Gasteiger partial charge in [0.1, 0.15) is 0 Å². The largest absolute Gasteiger partial charge is 0.0877 e. The van der Waals surface area contributed by atoms with Crippen LogP contribution >= 0.6 is 0 Å². The molecule has 0 fully saturated rings. The van der Waals surface area contributed by atoms with Gasteiger partial charge in [-0.3, -0.25) is 0 Å². The molecule has 11 heavy (non-hydrogen) atoms. The molecule has 64 valence electrons. The molecule has 0 aromatic heterocycles. The number of unbranched alkanes of at least 4 members (excludes halogenated alkanes) is 4. The molecule has 0 N–H and O–H groups in total. The number of rotatable bonds is 6. The zero-order valence-corrected chi connectivity index (χ0v) is 7.84. The quantitative estimate of drug-likeness (QED) is 0.397. The van der Waals surface area contributed by atoms with Crippen molar-refractivity contribution >= 4 is 0 Å². The Kier molecular flexibility index (Phi) is 9.03. The van der Waals surface area contributed by atoms with Gasteiger partial charge in [-0.2, -0.15) is 0 Å². The zero-order valence-electron chi connectivity index (χ0n) is 7.84.